The van der Waals surface area contributed by atoms with E-state index in [-0.39, 0.29) is 23.2 Å². The molecule has 1 aliphatic rings. The molecule has 0 aliphatic carbocycles. The van der Waals surface area contributed by atoms with Crippen LogP contribution in [0.5, 0.6) is 0 Å². The Labute approximate surface area is 229 Å². The van der Waals surface area contributed by atoms with Gasteiger partial charge in [-0.25, -0.2) is 27.4 Å². The molecule has 200 valence electrons. The molecular weight excluding hydrogens is 528 g/mol. The van der Waals surface area contributed by atoms with Crippen LogP contribution in [0.15, 0.2) is 36.8 Å². The molecule has 0 bridgehead atoms. The van der Waals surface area contributed by atoms with Crippen LogP contribution in [0.25, 0.3) is 16.9 Å². The molecule has 1 aliphatic heterocycles. The van der Waals surface area contributed by atoms with Gasteiger partial charge in [0.05, 0.1) is 47.4 Å². The Morgan fingerprint density at radius 1 is 1.13 bits per heavy atom. The lowest BCUT2D eigenvalue weighted by atomic mass is 9.49. The van der Waals surface area contributed by atoms with Crippen LogP contribution in [0.4, 0.5) is 19.1 Å². The zero-order valence-corrected chi connectivity index (χ0v) is 22.2. The van der Waals surface area contributed by atoms with E-state index in [0.29, 0.717) is 38.2 Å². The van der Waals surface area contributed by atoms with Gasteiger partial charge < -0.3 is 10.6 Å². The molecule has 6 radical (unpaired) electrons. The number of halogens is 3. The molecule has 2 N–H and O–H groups in total. The summed E-state index contributed by atoms with van der Waals surface area (Å²) in [6, 6.07) is 5.24. The van der Waals surface area contributed by atoms with Gasteiger partial charge >= 0.3 is 6.18 Å². The molecule has 39 heavy (non-hydrogen) atoms. The SMILES string of the molecule is [B]C([B])([B])NCc1ccc(-n2cc(-c3nc(NC4CCN(S(C)(=O)=O)CC4)ncc3C(F)(F)F)cn2)c(C)c1. The minimum atomic E-state index is -4.69. The van der Waals surface area contributed by atoms with E-state index in [1.807, 2.05) is 13.0 Å². The van der Waals surface area contributed by atoms with Crippen LogP contribution in [-0.4, -0.2) is 86.6 Å². The van der Waals surface area contributed by atoms with Gasteiger partial charge in [0.2, 0.25) is 16.0 Å². The summed E-state index contributed by atoms with van der Waals surface area (Å²) >= 11 is 0. The molecule has 2 aromatic heterocycles. The molecular formula is C23H25B3F3N7O2S. The Morgan fingerprint density at radius 2 is 1.82 bits per heavy atom. The van der Waals surface area contributed by atoms with Crippen LogP contribution < -0.4 is 10.6 Å². The van der Waals surface area contributed by atoms with Crippen LogP contribution in [-0.2, 0) is 22.7 Å². The highest BCUT2D eigenvalue weighted by molar-refractivity contribution is 7.88. The van der Waals surface area contributed by atoms with Gasteiger partial charge in [-0.05, 0) is 37.0 Å². The van der Waals surface area contributed by atoms with E-state index in [0.717, 1.165) is 23.6 Å². The zero-order valence-electron chi connectivity index (χ0n) is 21.4. The number of aryl methyl sites for hydroxylation is 1. The Hall–Kier alpha value is -2.84. The molecule has 0 unspecified atom stereocenters. The molecule has 0 saturated carbocycles. The Kier molecular flexibility index (Phi) is 8.20. The first-order chi connectivity index (χ1) is 18.1. The smallest absolute Gasteiger partial charge is 0.351 e. The first kappa shape index (κ1) is 29.2. The fourth-order valence-corrected chi connectivity index (χ4v) is 5.18. The third kappa shape index (κ3) is 7.43. The average molecular weight is 553 g/mol. The number of nitrogens with zero attached hydrogens (tertiary/aromatic N) is 5. The van der Waals surface area contributed by atoms with Gasteiger partial charge in [-0.2, -0.15) is 18.3 Å². The van der Waals surface area contributed by atoms with Crippen molar-refractivity contribution in [2.45, 2.75) is 43.8 Å². The first-order valence-corrected chi connectivity index (χ1v) is 13.9. The van der Waals surface area contributed by atoms with Crippen molar-refractivity contribution in [3.8, 4) is 16.9 Å². The van der Waals surface area contributed by atoms with Crippen molar-refractivity contribution in [3.05, 3.63) is 53.5 Å². The van der Waals surface area contributed by atoms with E-state index in [1.165, 1.54) is 21.4 Å². The number of alkyl halides is 3. The van der Waals surface area contributed by atoms with Gasteiger partial charge in [-0.3, -0.25) is 0 Å². The number of benzene rings is 1. The number of nitrogens with one attached hydrogen (secondary N) is 2. The minimum absolute atomic E-state index is 0.0207. The lowest BCUT2D eigenvalue weighted by molar-refractivity contribution is -0.137. The molecule has 1 aromatic carbocycles. The maximum atomic E-state index is 13.9. The quantitative estimate of drug-likeness (QED) is 0.410. The lowest BCUT2D eigenvalue weighted by Crippen LogP contribution is -2.46. The minimum Gasteiger partial charge on any atom is -0.351 e. The number of piperidine rings is 1. The summed E-state index contributed by atoms with van der Waals surface area (Å²) in [6.45, 7) is 2.75. The van der Waals surface area contributed by atoms with Gasteiger partial charge in [-0.15, -0.1) is 0 Å². The van der Waals surface area contributed by atoms with Crippen LogP contribution in [0.2, 0.25) is 0 Å². The van der Waals surface area contributed by atoms with Crippen LogP contribution >= 0.6 is 0 Å². The molecule has 3 heterocycles. The summed E-state index contributed by atoms with van der Waals surface area (Å²) in [5, 5.41) is 8.56. The van der Waals surface area contributed by atoms with Gasteiger partial charge in [0.15, 0.2) is 0 Å². The summed E-state index contributed by atoms with van der Waals surface area (Å²) in [6.07, 6.45) is 0.922. The highest BCUT2D eigenvalue weighted by Crippen LogP contribution is 2.36. The molecule has 0 spiro atoms. The van der Waals surface area contributed by atoms with Crippen LogP contribution in [0, 0.1) is 6.92 Å². The molecule has 16 heteroatoms. The maximum absolute atomic E-state index is 13.9. The third-order valence-corrected chi connectivity index (χ3v) is 7.62. The Morgan fingerprint density at radius 3 is 2.41 bits per heavy atom. The summed E-state index contributed by atoms with van der Waals surface area (Å²) in [4.78, 5) is 8.07. The second kappa shape index (κ2) is 11.0. The van der Waals surface area contributed by atoms with Crippen molar-refractivity contribution in [2.75, 3.05) is 24.7 Å². The van der Waals surface area contributed by atoms with E-state index in [1.54, 1.807) is 12.1 Å². The molecule has 3 aromatic rings. The number of hydrogen-bond donors (Lipinski definition) is 2. The highest BCUT2D eigenvalue weighted by Gasteiger charge is 2.36. The van der Waals surface area contributed by atoms with Crippen molar-refractivity contribution in [1.82, 2.24) is 29.4 Å². The monoisotopic (exact) mass is 553 g/mol. The summed E-state index contributed by atoms with van der Waals surface area (Å²) in [5.74, 6) is 0.0207. The van der Waals surface area contributed by atoms with Gasteiger partial charge in [0, 0.05) is 43.6 Å². The molecule has 0 amide bonds. The van der Waals surface area contributed by atoms with Gasteiger partial charge in [0.25, 0.3) is 0 Å². The number of rotatable bonds is 8. The Bertz CT molecular complexity index is 1440. The number of anilines is 1. The second-order valence-corrected chi connectivity index (χ2v) is 11.6. The summed E-state index contributed by atoms with van der Waals surface area (Å²) < 4.78 is 67.9. The van der Waals surface area contributed by atoms with Crippen molar-refractivity contribution in [3.63, 3.8) is 0 Å². The van der Waals surface area contributed by atoms with Crippen molar-refractivity contribution < 1.29 is 21.6 Å². The van der Waals surface area contributed by atoms with Crippen LogP contribution in [0.1, 0.15) is 29.5 Å². The van der Waals surface area contributed by atoms with E-state index < -0.39 is 27.0 Å². The molecule has 4 rings (SSSR count). The predicted octanol–water partition coefficient (Wildman–Crippen LogP) is 1.70. The molecule has 9 nitrogen and oxygen atoms in total. The van der Waals surface area contributed by atoms with E-state index in [4.69, 9.17) is 23.5 Å². The molecule has 1 fully saturated rings. The average Bonchev–Trinajstić information content (AvgIpc) is 3.31. The Balaban J connectivity index is 1.57. The largest absolute Gasteiger partial charge is 0.419 e. The van der Waals surface area contributed by atoms with Crippen LogP contribution in [0.3, 0.4) is 0 Å². The van der Waals surface area contributed by atoms with Gasteiger partial charge in [-0.1, -0.05) is 17.4 Å². The van der Waals surface area contributed by atoms with Crippen molar-refractivity contribution in [1.29, 1.82) is 0 Å². The highest BCUT2D eigenvalue weighted by atomic mass is 32.2. The molecule has 1 saturated heterocycles. The topological polar surface area (TPSA) is 105 Å². The van der Waals surface area contributed by atoms with Crippen molar-refractivity contribution >= 4 is 39.5 Å². The fourth-order valence-electron chi connectivity index (χ4n) is 4.31. The summed E-state index contributed by atoms with van der Waals surface area (Å²) in [5.41, 5.74) is 1.16. The number of sulfonamides is 1. The van der Waals surface area contributed by atoms with E-state index in [9.17, 15) is 21.6 Å². The number of hydrogen-bond acceptors (Lipinski definition) is 7. The maximum Gasteiger partial charge on any atom is 0.419 e. The van der Waals surface area contributed by atoms with E-state index >= 15 is 0 Å². The van der Waals surface area contributed by atoms with E-state index in [2.05, 4.69) is 25.7 Å². The van der Waals surface area contributed by atoms with Crippen molar-refractivity contribution in [2.24, 2.45) is 0 Å². The second-order valence-electron chi connectivity index (χ2n) is 9.62. The first-order valence-electron chi connectivity index (χ1n) is 12.0. The standard InChI is InChI=1S/C23H25B3F3N7O2S/c1-14-9-15(10-31-23(24,25)26)3-4-19(14)36-13-16(11-32-36)20-18(22(27,28)29)12-30-21(34-20)33-17-5-7-35(8-6-17)39(2,37)38/h3-4,9,11-13,17,31H,5-8,10H2,1-2H3,(H,30,33,34). The third-order valence-electron chi connectivity index (χ3n) is 6.31. The molecule has 0 atom stereocenters. The zero-order chi connectivity index (χ0) is 28.6. The lowest BCUT2D eigenvalue weighted by Gasteiger charge is -2.30. The summed E-state index contributed by atoms with van der Waals surface area (Å²) in [7, 11) is 13.3. The number of aromatic nitrogens is 4. The predicted molar refractivity (Wildman–Crippen MR) is 144 cm³/mol. The fraction of sp³-hybridized carbons (Fsp3) is 0.435. The van der Waals surface area contributed by atoms with Gasteiger partial charge in [0.1, 0.15) is 5.56 Å². The normalized spacial score (nSPS) is 15.9.